The second-order valence-corrected chi connectivity index (χ2v) is 10.7. The van der Waals surface area contributed by atoms with Crippen molar-refractivity contribution in [2.45, 2.75) is 47.9 Å². The number of hydrogen-bond acceptors (Lipinski definition) is 6. The van der Waals surface area contributed by atoms with Crippen LogP contribution in [0.4, 0.5) is 22.7 Å². The summed E-state index contributed by atoms with van der Waals surface area (Å²) in [6, 6.07) is 11.2. The summed E-state index contributed by atoms with van der Waals surface area (Å²) in [4.78, 5) is 27.6. The number of anilines is 1. The Bertz CT molecular complexity index is 1370. The van der Waals surface area contributed by atoms with Crippen LogP contribution < -0.4 is 4.90 Å². The molecule has 1 aliphatic heterocycles. The Balaban J connectivity index is 1.41. The number of carbonyl (C=O) groups excluding carboxylic acids is 2. The molecule has 5 rings (SSSR count). The Kier molecular flexibility index (Phi) is 6.69. The molecule has 2 heterocycles. The molecule has 0 saturated carbocycles. The van der Waals surface area contributed by atoms with E-state index in [9.17, 15) is 27.2 Å². The minimum absolute atomic E-state index is 0.0716. The predicted molar refractivity (Wildman–Crippen MR) is 128 cm³/mol. The second kappa shape index (κ2) is 9.78. The number of carbonyl (C=O) groups is 2. The van der Waals surface area contributed by atoms with Gasteiger partial charge in [-0.3, -0.25) is 14.5 Å². The molecule has 186 valence electrons. The van der Waals surface area contributed by atoms with E-state index in [1.165, 1.54) is 28.8 Å². The summed E-state index contributed by atoms with van der Waals surface area (Å²) in [7, 11) is 0. The SMILES string of the molecule is O=C1CCCC2=C1C(c1ccccc1F)CC(=O)N2c1nnc(SCc2cccc(C(F)(F)F)c2)s1. The Labute approximate surface area is 212 Å². The Morgan fingerprint density at radius 2 is 1.86 bits per heavy atom. The number of hydrogen-bond donors (Lipinski definition) is 0. The number of nitrogens with zero attached hydrogens (tertiary/aromatic N) is 3. The number of Topliss-reactive ketones (excluding diaryl/α,β-unsaturated/α-hetero) is 1. The number of halogens is 4. The zero-order valence-corrected chi connectivity index (χ0v) is 20.4. The molecule has 1 atom stereocenters. The third-order valence-corrected chi connectivity index (χ3v) is 8.27. The van der Waals surface area contributed by atoms with Crippen molar-refractivity contribution < 1.29 is 27.2 Å². The molecule has 36 heavy (non-hydrogen) atoms. The topological polar surface area (TPSA) is 63.2 Å². The van der Waals surface area contributed by atoms with Crippen molar-refractivity contribution in [3.63, 3.8) is 0 Å². The Morgan fingerprint density at radius 3 is 2.64 bits per heavy atom. The maximum absolute atomic E-state index is 14.6. The van der Waals surface area contributed by atoms with E-state index in [2.05, 4.69) is 10.2 Å². The summed E-state index contributed by atoms with van der Waals surface area (Å²) in [6.07, 6.45) is -3.11. The number of amides is 1. The van der Waals surface area contributed by atoms with Crippen LogP contribution in [0.5, 0.6) is 0 Å². The van der Waals surface area contributed by atoms with Crippen molar-refractivity contribution in [2.24, 2.45) is 0 Å². The average molecular weight is 534 g/mol. The van der Waals surface area contributed by atoms with Crippen LogP contribution in [-0.2, 0) is 21.5 Å². The molecule has 1 unspecified atom stereocenters. The smallest absolute Gasteiger partial charge is 0.294 e. The van der Waals surface area contributed by atoms with Crippen molar-refractivity contribution >= 4 is 39.9 Å². The number of allylic oxidation sites excluding steroid dienone is 2. The second-order valence-electron chi connectivity index (χ2n) is 8.48. The third-order valence-electron chi connectivity index (χ3n) is 6.16. The lowest BCUT2D eigenvalue weighted by Crippen LogP contribution is -2.40. The molecule has 1 aromatic heterocycles. The highest BCUT2D eigenvalue weighted by Crippen LogP contribution is 2.45. The van der Waals surface area contributed by atoms with E-state index in [4.69, 9.17) is 0 Å². The van der Waals surface area contributed by atoms with E-state index < -0.39 is 23.5 Å². The Hall–Kier alpha value is -3.05. The molecule has 1 aliphatic carbocycles. The van der Waals surface area contributed by atoms with Crippen LogP contribution in [0.15, 0.2) is 64.1 Å². The van der Waals surface area contributed by atoms with Gasteiger partial charge in [0.15, 0.2) is 10.1 Å². The fourth-order valence-corrected chi connectivity index (χ4v) is 6.40. The van der Waals surface area contributed by atoms with Gasteiger partial charge in [-0.15, -0.1) is 10.2 Å². The zero-order valence-electron chi connectivity index (χ0n) is 18.7. The minimum Gasteiger partial charge on any atom is -0.294 e. The van der Waals surface area contributed by atoms with E-state index in [1.54, 1.807) is 24.3 Å². The van der Waals surface area contributed by atoms with Gasteiger partial charge in [0, 0.05) is 35.8 Å². The maximum Gasteiger partial charge on any atom is 0.416 e. The summed E-state index contributed by atoms with van der Waals surface area (Å²) in [5.74, 6) is -1.28. The van der Waals surface area contributed by atoms with Gasteiger partial charge in [-0.25, -0.2) is 4.39 Å². The summed E-state index contributed by atoms with van der Waals surface area (Å²) in [5.41, 5.74) is 1.06. The quantitative estimate of drug-likeness (QED) is 0.212. The first-order valence-corrected chi connectivity index (χ1v) is 13.0. The van der Waals surface area contributed by atoms with Crippen LogP contribution in [0.3, 0.4) is 0 Å². The summed E-state index contributed by atoms with van der Waals surface area (Å²) in [5, 5.41) is 8.54. The Morgan fingerprint density at radius 1 is 1.06 bits per heavy atom. The van der Waals surface area contributed by atoms with Crippen LogP contribution >= 0.6 is 23.1 Å². The van der Waals surface area contributed by atoms with Gasteiger partial charge in [-0.1, -0.05) is 59.5 Å². The molecule has 0 spiro atoms. The standard InChI is InChI=1S/C25H19F4N3O2S2/c26-18-8-2-1-7-16(18)17-12-21(34)32(19-9-4-10-20(33)22(17)19)23-30-31-24(36-23)35-13-14-5-3-6-15(11-14)25(27,28)29/h1-3,5-8,11,17H,4,9-10,12-13H2. The first-order valence-electron chi connectivity index (χ1n) is 11.2. The highest BCUT2D eigenvalue weighted by Gasteiger charge is 2.41. The molecule has 0 bridgehead atoms. The fraction of sp³-hybridized carbons (Fsp3) is 0.280. The van der Waals surface area contributed by atoms with E-state index in [0.29, 0.717) is 51.1 Å². The largest absolute Gasteiger partial charge is 0.416 e. The van der Waals surface area contributed by atoms with Crippen molar-refractivity contribution in [2.75, 3.05) is 4.90 Å². The normalized spacial score (nSPS) is 18.6. The summed E-state index contributed by atoms with van der Waals surface area (Å²) >= 11 is 2.35. The predicted octanol–water partition coefficient (Wildman–Crippen LogP) is 6.52. The van der Waals surface area contributed by atoms with Gasteiger partial charge in [-0.2, -0.15) is 13.2 Å². The number of rotatable bonds is 5. The lowest BCUT2D eigenvalue weighted by atomic mass is 9.77. The van der Waals surface area contributed by atoms with E-state index in [1.807, 2.05) is 0 Å². The van der Waals surface area contributed by atoms with Gasteiger partial charge in [0.2, 0.25) is 11.0 Å². The first kappa shape index (κ1) is 24.6. The number of aromatic nitrogens is 2. The van der Waals surface area contributed by atoms with Gasteiger partial charge < -0.3 is 0 Å². The van der Waals surface area contributed by atoms with Crippen LogP contribution in [0.1, 0.15) is 48.3 Å². The monoisotopic (exact) mass is 533 g/mol. The van der Waals surface area contributed by atoms with Crippen molar-refractivity contribution in [3.8, 4) is 0 Å². The summed E-state index contributed by atoms with van der Waals surface area (Å²) < 4.78 is 54.0. The number of benzene rings is 2. The van der Waals surface area contributed by atoms with E-state index in [0.717, 1.165) is 23.5 Å². The van der Waals surface area contributed by atoms with Crippen LogP contribution in [0, 0.1) is 5.82 Å². The molecule has 0 fully saturated rings. The van der Waals surface area contributed by atoms with Gasteiger partial charge in [0.05, 0.1) is 5.56 Å². The highest BCUT2D eigenvalue weighted by molar-refractivity contribution is 8.00. The first-order chi connectivity index (χ1) is 17.2. The molecule has 2 aromatic carbocycles. The van der Waals surface area contributed by atoms with Crippen LogP contribution in [-0.4, -0.2) is 21.9 Å². The minimum atomic E-state index is -4.42. The van der Waals surface area contributed by atoms with Crippen molar-refractivity contribution in [1.29, 1.82) is 0 Å². The lowest BCUT2D eigenvalue weighted by Gasteiger charge is -2.36. The fourth-order valence-electron chi connectivity index (χ4n) is 4.57. The maximum atomic E-state index is 14.6. The molecular weight excluding hydrogens is 514 g/mol. The molecule has 1 amide bonds. The highest BCUT2D eigenvalue weighted by atomic mass is 32.2. The van der Waals surface area contributed by atoms with E-state index in [-0.39, 0.29) is 23.9 Å². The molecule has 5 nitrogen and oxygen atoms in total. The average Bonchev–Trinajstić information content (AvgIpc) is 3.31. The third kappa shape index (κ3) is 4.81. The molecule has 0 N–H and O–H groups in total. The number of alkyl halides is 3. The van der Waals surface area contributed by atoms with Crippen LogP contribution in [0.25, 0.3) is 0 Å². The number of thioether (sulfide) groups is 1. The molecule has 0 radical (unpaired) electrons. The van der Waals surface area contributed by atoms with Gasteiger partial charge >= 0.3 is 6.18 Å². The van der Waals surface area contributed by atoms with Gasteiger partial charge in [0.1, 0.15) is 5.82 Å². The van der Waals surface area contributed by atoms with Crippen molar-refractivity contribution in [1.82, 2.24) is 10.2 Å². The van der Waals surface area contributed by atoms with Crippen LogP contribution in [0.2, 0.25) is 0 Å². The molecule has 11 heteroatoms. The molecule has 3 aromatic rings. The molecular formula is C25H19F4N3O2S2. The summed E-state index contributed by atoms with van der Waals surface area (Å²) in [6.45, 7) is 0. The number of ketones is 1. The lowest BCUT2D eigenvalue weighted by molar-refractivity contribution is -0.137. The van der Waals surface area contributed by atoms with Crippen molar-refractivity contribution in [3.05, 3.63) is 82.3 Å². The van der Waals surface area contributed by atoms with E-state index >= 15 is 0 Å². The molecule has 2 aliphatic rings. The molecule has 0 saturated heterocycles. The van der Waals surface area contributed by atoms with Gasteiger partial charge in [-0.05, 0) is 36.1 Å². The van der Waals surface area contributed by atoms with Gasteiger partial charge in [0.25, 0.3) is 0 Å². The zero-order chi connectivity index (χ0) is 25.4.